The molecule has 4 rings (SSSR count). The number of para-hydroxylation sites is 2. The van der Waals surface area contributed by atoms with Crippen molar-refractivity contribution in [1.82, 2.24) is 30.4 Å². The lowest BCUT2D eigenvalue weighted by Crippen LogP contribution is -2.31. The summed E-state index contributed by atoms with van der Waals surface area (Å²) in [6.07, 6.45) is 0.872. The predicted molar refractivity (Wildman–Crippen MR) is 103 cm³/mol. The number of nitrogens with one attached hydrogen (secondary N) is 3. The quantitative estimate of drug-likeness (QED) is 0.654. The van der Waals surface area contributed by atoms with Crippen molar-refractivity contribution in [2.24, 2.45) is 0 Å². The Kier molecular flexibility index (Phi) is 5.29. The van der Waals surface area contributed by atoms with Crippen molar-refractivity contribution in [3.05, 3.63) is 47.0 Å². The van der Waals surface area contributed by atoms with Crippen LogP contribution in [0.25, 0.3) is 11.0 Å². The minimum atomic E-state index is -0.205. The molecule has 1 aromatic carbocycles. The molecule has 1 aliphatic rings. The molecule has 1 unspecified atom stereocenters. The molecule has 26 heavy (non-hydrogen) atoms. The summed E-state index contributed by atoms with van der Waals surface area (Å²) in [5.74, 6) is 0.697. The topological polar surface area (TPSA) is 87.6 Å². The number of benzene rings is 1. The first kappa shape index (κ1) is 18.4. The number of amides is 1. The maximum atomic E-state index is 12.7. The number of rotatable bonds is 4. The van der Waals surface area contributed by atoms with Crippen LogP contribution >= 0.6 is 12.4 Å². The molecule has 3 aromatic rings. The molecule has 138 valence electrons. The van der Waals surface area contributed by atoms with Crippen LogP contribution in [0.1, 0.15) is 47.5 Å². The lowest BCUT2D eigenvalue weighted by Gasteiger charge is -2.16. The fourth-order valence-corrected chi connectivity index (χ4v) is 3.50. The Labute approximate surface area is 158 Å². The lowest BCUT2D eigenvalue weighted by molar-refractivity contribution is 0.0931. The molecule has 0 saturated heterocycles. The van der Waals surface area contributed by atoms with E-state index in [1.807, 2.05) is 25.1 Å². The van der Waals surface area contributed by atoms with Gasteiger partial charge in [-0.1, -0.05) is 12.1 Å². The van der Waals surface area contributed by atoms with Crippen molar-refractivity contribution >= 4 is 29.3 Å². The Hall–Kier alpha value is -2.38. The molecule has 3 heterocycles. The number of hydrogen-bond acceptors (Lipinski definition) is 4. The molecule has 3 N–H and O–H groups in total. The average Bonchev–Trinajstić information content (AvgIpc) is 3.23. The second-order valence-corrected chi connectivity index (χ2v) is 6.35. The van der Waals surface area contributed by atoms with Gasteiger partial charge in [-0.3, -0.25) is 9.89 Å². The summed E-state index contributed by atoms with van der Waals surface area (Å²) < 4.78 is 2.14. The first-order valence-electron chi connectivity index (χ1n) is 8.72. The molecule has 0 bridgehead atoms. The van der Waals surface area contributed by atoms with Gasteiger partial charge in [0.15, 0.2) is 5.69 Å². The van der Waals surface area contributed by atoms with Gasteiger partial charge in [0.05, 0.1) is 17.1 Å². The van der Waals surface area contributed by atoms with Gasteiger partial charge in [-0.2, -0.15) is 5.10 Å². The van der Waals surface area contributed by atoms with Crippen LogP contribution in [-0.4, -0.2) is 32.2 Å². The minimum absolute atomic E-state index is 0. The number of aromatic amines is 1. The molecule has 1 atom stereocenters. The van der Waals surface area contributed by atoms with Crippen LogP contribution in [0.2, 0.25) is 0 Å². The fourth-order valence-electron chi connectivity index (χ4n) is 3.50. The minimum Gasteiger partial charge on any atom is -0.341 e. The number of halogens is 1. The van der Waals surface area contributed by atoms with E-state index in [1.54, 1.807) is 0 Å². The van der Waals surface area contributed by atoms with Crippen LogP contribution in [0.3, 0.4) is 0 Å². The van der Waals surface area contributed by atoms with Crippen molar-refractivity contribution in [3.63, 3.8) is 0 Å². The van der Waals surface area contributed by atoms with E-state index in [-0.39, 0.29) is 24.4 Å². The lowest BCUT2D eigenvalue weighted by atomic mass is 10.1. The predicted octanol–water partition coefficient (Wildman–Crippen LogP) is 2.34. The summed E-state index contributed by atoms with van der Waals surface area (Å²) in [6.45, 7) is 6.44. The SMILES string of the molecule is CCn1c(C(C)NC(=O)c2n[nH]c3c2CNCC3)nc2ccccc21.Cl. The van der Waals surface area contributed by atoms with E-state index in [1.165, 1.54) is 0 Å². The molecular formula is C18H23ClN6O. The van der Waals surface area contributed by atoms with Crippen LogP contribution in [-0.2, 0) is 19.5 Å². The molecule has 7 nitrogen and oxygen atoms in total. The molecule has 0 spiro atoms. The highest BCUT2D eigenvalue weighted by Crippen LogP contribution is 2.22. The van der Waals surface area contributed by atoms with Gasteiger partial charge < -0.3 is 15.2 Å². The van der Waals surface area contributed by atoms with E-state index < -0.39 is 0 Å². The van der Waals surface area contributed by atoms with E-state index in [4.69, 9.17) is 4.98 Å². The standard InChI is InChI=1S/C18H22N6O.ClH/c1-3-24-15-7-5-4-6-14(15)21-17(24)11(2)20-18(25)16-12-10-19-9-8-13(12)22-23-16;/h4-7,11,19H,3,8-10H2,1-2H3,(H,20,25)(H,22,23);1H. The van der Waals surface area contributed by atoms with Gasteiger partial charge in [0.2, 0.25) is 0 Å². The molecule has 0 aliphatic carbocycles. The number of H-pyrrole nitrogens is 1. The number of carbonyl (C=O) groups is 1. The summed E-state index contributed by atoms with van der Waals surface area (Å²) in [7, 11) is 0. The molecule has 1 amide bonds. The maximum absolute atomic E-state index is 12.7. The number of aromatic nitrogens is 4. The van der Waals surface area contributed by atoms with Crippen molar-refractivity contribution in [2.45, 2.75) is 39.4 Å². The van der Waals surface area contributed by atoms with Gasteiger partial charge in [-0.05, 0) is 26.0 Å². The van der Waals surface area contributed by atoms with Crippen molar-refractivity contribution in [3.8, 4) is 0 Å². The first-order chi connectivity index (χ1) is 12.2. The third kappa shape index (κ3) is 3.08. The van der Waals surface area contributed by atoms with Gasteiger partial charge in [-0.25, -0.2) is 4.98 Å². The maximum Gasteiger partial charge on any atom is 0.272 e. The summed E-state index contributed by atoms with van der Waals surface area (Å²) in [5, 5.41) is 13.6. The fraction of sp³-hybridized carbons (Fsp3) is 0.389. The van der Waals surface area contributed by atoms with Crippen molar-refractivity contribution in [1.29, 1.82) is 0 Å². The highest BCUT2D eigenvalue weighted by atomic mass is 35.5. The van der Waals surface area contributed by atoms with E-state index in [0.717, 1.165) is 47.6 Å². The Bertz CT molecular complexity index is 931. The number of fused-ring (bicyclic) bond motifs is 2. The van der Waals surface area contributed by atoms with Gasteiger partial charge in [0.25, 0.3) is 5.91 Å². The molecular weight excluding hydrogens is 352 g/mol. The number of hydrogen-bond donors (Lipinski definition) is 3. The van der Waals surface area contributed by atoms with Crippen LogP contribution in [0.5, 0.6) is 0 Å². The van der Waals surface area contributed by atoms with Gasteiger partial charge in [0, 0.05) is 37.3 Å². The smallest absolute Gasteiger partial charge is 0.272 e. The van der Waals surface area contributed by atoms with Crippen LogP contribution < -0.4 is 10.6 Å². The number of aryl methyl sites for hydroxylation is 1. The first-order valence-corrected chi connectivity index (χ1v) is 8.72. The summed E-state index contributed by atoms with van der Waals surface area (Å²) in [5.41, 5.74) is 4.54. The Balaban J connectivity index is 0.00000196. The number of nitrogens with zero attached hydrogens (tertiary/aromatic N) is 3. The van der Waals surface area contributed by atoms with E-state index in [2.05, 4.69) is 38.4 Å². The van der Waals surface area contributed by atoms with Crippen LogP contribution in [0.15, 0.2) is 24.3 Å². The van der Waals surface area contributed by atoms with E-state index in [0.29, 0.717) is 12.2 Å². The normalized spacial score (nSPS) is 14.5. The largest absolute Gasteiger partial charge is 0.341 e. The van der Waals surface area contributed by atoms with Crippen LogP contribution in [0.4, 0.5) is 0 Å². The highest BCUT2D eigenvalue weighted by Gasteiger charge is 2.24. The van der Waals surface area contributed by atoms with Crippen molar-refractivity contribution in [2.75, 3.05) is 6.54 Å². The third-order valence-corrected chi connectivity index (χ3v) is 4.76. The zero-order chi connectivity index (χ0) is 17.4. The van der Waals surface area contributed by atoms with E-state index in [9.17, 15) is 4.79 Å². The molecule has 0 fully saturated rings. The monoisotopic (exact) mass is 374 g/mol. The second-order valence-electron chi connectivity index (χ2n) is 6.35. The molecule has 0 saturated carbocycles. The number of carbonyl (C=O) groups excluding carboxylic acids is 1. The summed E-state index contributed by atoms with van der Waals surface area (Å²) in [6, 6.07) is 7.83. The molecule has 1 aliphatic heterocycles. The van der Waals surface area contributed by atoms with Crippen LogP contribution in [0, 0.1) is 0 Å². The Morgan fingerprint density at radius 2 is 2.19 bits per heavy atom. The average molecular weight is 375 g/mol. The van der Waals surface area contributed by atoms with Crippen molar-refractivity contribution < 1.29 is 4.79 Å². The van der Waals surface area contributed by atoms with Gasteiger partial charge >= 0.3 is 0 Å². The number of imidazole rings is 1. The third-order valence-electron chi connectivity index (χ3n) is 4.76. The second kappa shape index (κ2) is 7.47. The molecule has 0 radical (unpaired) electrons. The Morgan fingerprint density at radius 1 is 1.38 bits per heavy atom. The Morgan fingerprint density at radius 3 is 3.00 bits per heavy atom. The van der Waals surface area contributed by atoms with E-state index >= 15 is 0 Å². The zero-order valence-corrected chi connectivity index (χ0v) is 15.7. The summed E-state index contributed by atoms with van der Waals surface area (Å²) >= 11 is 0. The van der Waals surface area contributed by atoms with Gasteiger partial charge in [0.1, 0.15) is 5.82 Å². The summed E-state index contributed by atoms with van der Waals surface area (Å²) in [4.78, 5) is 17.4. The molecule has 2 aromatic heterocycles. The zero-order valence-electron chi connectivity index (χ0n) is 14.9. The van der Waals surface area contributed by atoms with Gasteiger partial charge in [-0.15, -0.1) is 12.4 Å². The molecule has 8 heteroatoms. The highest BCUT2D eigenvalue weighted by molar-refractivity contribution is 5.94.